The summed E-state index contributed by atoms with van der Waals surface area (Å²) >= 11 is 0. The Hall–Kier alpha value is 2.40. The van der Waals surface area contributed by atoms with Crippen LogP contribution in [0.25, 0.3) is 0 Å². The molecule has 0 fully saturated rings. The van der Waals surface area contributed by atoms with Crippen molar-refractivity contribution < 1.29 is 98.1 Å². The molecule has 0 aliphatic rings. The van der Waals surface area contributed by atoms with E-state index in [1.807, 2.05) is 6.07 Å². The van der Waals surface area contributed by atoms with Crippen LogP contribution >= 0.6 is 0 Å². The van der Waals surface area contributed by atoms with E-state index in [0.29, 0.717) is 0 Å². The molecule has 0 aliphatic heterocycles. The smallest absolute Gasteiger partial charge is 0 e. The van der Waals surface area contributed by atoms with Gasteiger partial charge in [0.25, 0.3) is 0 Å². The minimum Gasteiger partial charge on any atom is -0.356 e. The second-order valence-corrected chi connectivity index (χ2v) is 2.99. The van der Waals surface area contributed by atoms with Gasteiger partial charge in [-0.05, 0) is 0 Å². The van der Waals surface area contributed by atoms with Gasteiger partial charge in [-0.1, -0.05) is 6.07 Å². The average Bonchev–Trinajstić information content (AvgIpc) is 2.05. The maximum atomic E-state index is 2.16. The molecule has 0 nitrogen and oxygen atoms in total. The van der Waals surface area contributed by atoms with Crippen LogP contribution in [0.1, 0.15) is 26.3 Å². The van der Waals surface area contributed by atoms with Gasteiger partial charge in [0.2, 0.25) is 0 Å². The maximum absolute atomic E-state index is 2.16. The van der Waals surface area contributed by atoms with E-state index in [1.54, 1.807) is 0 Å². The van der Waals surface area contributed by atoms with Crippen molar-refractivity contribution in [3.63, 3.8) is 0 Å². The minimum absolute atomic E-state index is 0. The molecule has 1 aromatic rings. The topological polar surface area (TPSA) is 0 Å². The van der Waals surface area contributed by atoms with Gasteiger partial charge in [0, 0.05) is 98.1 Å². The van der Waals surface area contributed by atoms with Crippen molar-refractivity contribution in [1.29, 1.82) is 0 Å². The standard InChI is InChI=1S/C11H14.3Y/c1-9(2)10(3)11-7-5-4-6-8-11;;;/h4-8H,1-3H3;;;/q-2;;;. The number of hydrogen-bond acceptors (Lipinski definition) is 0. The molecule has 69 valence electrons. The molecule has 14 heavy (non-hydrogen) atoms. The number of benzene rings is 1. The van der Waals surface area contributed by atoms with Crippen molar-refractivity contribution in [1.82, 2.24) is 0 Å². The van der Waals surface area contributed by atoms with Crippen molar-refractivity contribution >= 4 is 0 Å². The summed E-state index contributed by atoms with van der Waals surface area (Å²) in [5, 5.41) is 0. The van der Waals surface area contributed by atoms with E-state index in [2.05, 4.69) is 45.0 Å². The third kappa shape index (κ3) is 7.64. The zero-order chi connectivity index (χ0) is 8.27. The third-order valence-electron chi connectivity index (χ3n) is 1.96. The van der Waals surface area contributed by atoms with E-state index in [9.17, 15) is 0 Å². The molecular weight excluding hydrogens is 399 g/mol. The van der Waals surface area contributed by atoms with Crippen molar-refractivity contribution in [3.8, 4) is 0 Å². The van der Waals surface area contributed by atoms with E-state index in [1.165, 1.54) is 17.4 Å². The van der Waals surface area contributed by atoms with Gasteiger partial charge in [0.05, 0.1) is 0 Å². The fourth-order valence-electron chi connectivity index (χ4n) is 0.977. The summed E-state index contributed by atoms with van der Waals surface area (Å²) in [6.45, 7) is 6.44. The fourth-order valence-corrected chi connectivity index (χ4v) is 0.977. The predicted molar refractivity (Wildman–Crippen MR) is 49.1 cm³/mol. The van der Waals surface area contributed by atoms with E-state index < -0.39 is 0 Å². The zero-order valence-electron chi connectivity index (χ0n) is 9.12. The van der Waals surface area contributed by atoms with Crippen LogP contribution in [0.3, 0.4) is 0 Å². The van der Waals surface area contributed by atoms with Gasteiger partial charge in [-0.2, -0.15) is 26.0 Å². The van der Waals surface area contributed by atoms with E-state index in [4.69, 9.17) is 0 Å². The van der Waals surface area contributed by atoms with Crippen LogP contribution in [0, 0.1) is 11.8 Å². The molecule has 0 N–H and O–H groups in total. The Morgan fingerprint density at radius 1 is 0.786 bits per heavy atom. The van der Waals surface area contributed by atoms with Gasteiger partial charge in [0.15, 0.2) is 0 Å². The normalized spacial score (nSPS) is 8.00. The summed E-state index contributed by atoms with van der Waals surface area (Å²) in [5.41, 5.74) is 1.33. The first-order chi connectivity index (χ1) is 5.22. The summed E-state index contributed by atoms with van der Waals surface area (Å²) in [4.78, 5) is 0. The Balaban J connectivity index is -0.000000403. The van der Waals surface area contributed by atoms with Gasteiger partial charge in [0.1, 0.15) is 0 Å². The summed E-state index contributed by atoms with van der Waals surface area (Å²) in [6, 6.07) is 10.5. The van der Waals surface area contributed by atoms with E-state index in [0.717, 1.165) is 0 Å². The van der Waals surface area contributed by atoms with Crippen LogP contribution < -0.4 is 0 Å². The molecule has 3 heteroatoms. The molecule has 0 unspecified atom stereocenters. The molecule has 0 spiro atoms. The van der Waals surface area contributed by atoms with Crippen LogP contribution in [-0.2, 0) is 98.1 Å². The van der Waals surface area contributed by atoms with Crippen LogP contribution in [0.4, 0.5) is 0 Å². The zero-order valence-corrected chi connectivity index (χ0v) is 17.6. The largest absolute Gasteiger partial charge is 0.356 e. The van der Waals surface area contributed by atoms with Gasteiger partial charge < -0.3 is 11.8 Å². The molecule has 1 aromatic carbocycles. The monoisotopic (exact) mass is 413 g/mol. The fraction of sp³-hybridized carbons (Fsp3) is 0.273. The SMILES string of the molecule is C[C-](C)[C-](C)c1ccccc1.[Y].[Y].[Y]. The van der Waals surface area contributed by atoms with Gasteiger partial charge in [-0.25, -0.2) is 5.56 Å². The quantitative estimate of drug-likeness (QED) is 0.654. The van der Waals surface area contributed by atoms with E-state index >= 15 is 0 Å². The number of hydrogen-bond donors (Lipinski definition) is 0. The Bertz CT molecular complexity index is 209. The van der Waals surface area contributed by atoms with Gasteiger partial charge in [-0.15, -0.1) is 19.1 Å². The maximum Gasteiger partial charge on any atom is 0 e. The van der Waals surface area contributed by atoms with Gasteiger partial charge >= 0.3 is 0 Å². The third-order valence-corrected chi connectivity index (χ3v) is 1.96. The summed E-state index contributed by atoms with van der Waals surface area (Å²) in [5.74, 6) is 2.77. The Morgan fingerprint density at radius 3 is 1.57 bits per heavy atom. The number of rotatable bonds is 2. The molecule has 0 aromatic heterocycles. The van der Waals surface area contributed by atoms with Crippen LogP contribution in [0.5, 0.6) is 0 Å². The van der Waals surface area contributed by atoms with Crippen molar-refractivity contribution in [3.05, 3.63) is 47.7 Å². The van der Waals surface area contributed by atoms with Gasteiger partial charge in [-0.3, -0.25) is 0 Å². The molecular formula is C11H14Y3-2. The molecule has 0 atom stereocenters. The predicted octanol–water partition coefficient (Wildman–Crippen LogP) is 3.24. The molecule has 3 radical (unpaired) electrons. The van der Waals surface area contributed by atoms with Crippen LogP contribution in [0.15, 0.2) is 30.3 Å². The first-order valence-electron chi connectivity index (χ1n) is 3.91. The van der Waals surface area contributed by atoms with Crippen molar-refractivity contribution in [2.24, 2.45) is 0 Å². The molecule has 0 saturated carbocycles. The van der Waals surface area contributed by atoms with Crippen LogP contribution in [-0.4, -0.2) is 0 Å². The molecule has 1 rings (SSSR count). The Morgan fingerprint density at radius 2 is 1.21 bits per heavy atom. The molecule has 0 aliphatic carbocycles. The molecule has 0 bridgehead atoms. The second kappa shape index (κ2) is 11.9. The first kappa shape index (κ1) is 21.7. The summed E-state index contributed by atoms with van der Waals surface area (Å²) < 4.78 is 0. The molecule has 0 saturated heterocycles. The Kier molecular flexibility index (Phi) is 18.4. The second-order valence-electron chi connectivity index (χ2n) is 2.99. The first-order valence-corrected chi connectivity index (χ1v) is 3.91. The van der Waals surface area contributed by atoms with Crippen LogP contribution in [0.2, 0.25) is 0 Å². The molecule has 0 heterocycles. The molecule has 0 amide bonds. The average molecular weight is 413 g/mol. The summed E-state index contributed by atoms with van der Waals surface area (Å²) in [6.07, 6.45) is 0. The van der Waals surface area contributed by atoms with Crippen molar-refractivity contribution in [2.45, 2.75) is 20.8 Å². The van der Waals surface area contributed by atoms with E-state index in [-0.39, 0.29) is 98.1 Å². The minimum atomic E-state index is 0. The Labute approximate surface area is 163 Å². The summed E-state index contributed by atoms with van der Waals surface area (Å²) in [7, 11) is 0. The van der Waals surface area contributed by atoms with Crippen molar-refractivity contribution in [2.75, 3.05) is 0 Å².